The molecule has 0 aliphatic carbocycles. The van der Waals surface area contributed by atoms with E-state index in [4.69, 9.17) is 15.2 Å². The SMILES string of the molecule is COc1ccc(OC)c2c(C(N)=O)c(C)[nH]c12. The number of fused-ring (bicyclic) bond motifs is 1. The molecule has 0 unspecified atom stereocenters. The molecule has 0 aliphatic rings. The van der Waals surface area contributed by atoms with Gasteiger partial charge in [-0.25, -0.2) is 0 Å². The highest BCUT2D eigenvalue weighted by Gasteiger charge is 2.19. The molecule has 0 radical (unpaired) electrons. The Hall–Kier alpha value is -2.17. The van der Waals surface area contributed by atoms with Crippen LogP contribution in [0.15, 0.2) is 12.1 Å². The molecular weight excluding hydrogens is 220 g/mol. The van der Waals surface area contributed by atoms with Gasteiger partial charge in [-0.05, 0) is 19.1 Å². The first-order valence-corrected chi connectivity index (χ1v) is 5.13. The number of nitrogens with one attached hydrogen (secondary N) is 1. The Morgan fingerprint density at radius 3 is 2.35 bits per heavy atom. The maximum absolute atomic E-state index is 11.5. The average molecular weight is 234 g/mol. The van der Waals surface area contributed by atoms with Crippen molar-refractivity contribution in [2.75, 3.05) is 14.2 Å². The van der Waals surface area contributed by atoms with Crippen LogP contribution in [0.3, 0.4) is 0 Å². The molecule has 90 valence electrons. The number of amides is 1. The summed E-state index contributed by atoms with van der Waals surface area (Å²) in [5.41, 5.74) is 7.25. The van der Waals surface area contributed by atoms with Gasteiger partial charge in [0.25, 0.3) is 5.91 Å². The summed E-state index contributed by atoms with van der Waals surface area (Å²) in [6.07, 6.45) is 0. The number of nitrogens with two attached hydrogens (primary N) is 1. The van der Waals surface area contributed by atoms with Crippen LogP contribution in [0.4, 0.5) is 0 Å². The minimum absolute atomic E-state index is 0.441. The van der Waals surface area contributed by atoms with E-state index in [1.165, 1.54) is 0 Å². The van der Waals surface area contributed by atoms with Crippen LogP contribution in [0.2, 0.25) is 0 Å². The highest BCUT2D eigenvalue weighted by atomic mass is 16.5. The fourth-order valence-electron chi connectivity index (χ4n) is 2.02. The number of rotatable bonds is 3. The molecule has 0 saturated heterocycles. The van der Waals surface area contributed by atoms with Crippen molar-refractivity contribution in [2.45, 2.75) is 6.92 Å². The van der Waals surface area contributed by atoms with Gasteiger partial charge < -0.3 is 20.2 Å². The zero-order valence-electron chi connectivity index (χ0n) is 9.96. The van der Waals surface area contributed by atoms with E-state index >= 15 is 0 Å². The minimum atomic E-state index is -0.486. The summed E-state index contributed by atoms with van der Waals surface area (Å²) in [5.74, 6) is 0.760. The molecule has 5 nitrogen and oxygen atoms in total. The van der Waals surface area contributed by atoms with Gasteiger partial charge >= 0.3 is 0 Å². The Labute approximate surface area is 98.5 Å². The number of methoxy groups -OCH3 is 2. The Morgan fingerprint density at radius 1 is 1.24 bits per heavy atom. The number of aromatic amines is 1. The molecule has 2 aromatic rings. The third kappa shape index (κ3) is 1.60. The molecule has 0 saturated carbocycles. The van der Waals surface area contributed by atoms with E-state index in [1.807, 2.05) is 0 Å². The second-order valence-corrected chi connectivity index (χ2v) is 3.71. The number of aryl methyl sites for hydroxylation is 1. The standard InChI is InChI=1S/C12H14N2O3/c1-6-9(12(13)15)10-7(16-2)4-5-8(17-3)11(10)14-6/h4-5,14H,1-3H3,(H2,13,15). The lowest BCUT2D eigenvalue weighted by molar-refractivity contribution is 0.100. The number of hydrogen-bond acceptors (Lipinski definition) is 3. The number of hydrogen-bond donors (Lipinski definition) is 2. The lowest BCUT2D eigenvalue weighted by Gasteiger charge is -2.06. The number of aromatic nitrogens is 1. The molecule has 1 amide bonds. The largest absolute Gasteiger partial charge is 0.496 e. The van der Waals surface area contributed by atoms with Crippen molar-refractivity contribution in [1.82, 2.24) is 4.98 Å². The van der Waals surface area contributed by atoms with Crippen LogP contribution in [0.1, 0.15) is 16.1 Å². The van der Waals surface area contributed by atoms with Crippen molar-refractivity contribution < 1.29 is 14.3 Å². The molecule has 2 rings (SSSR count). The van der Waals surface area contributed by atoms with Crippen LogP contribution in [0.5, 0.6) is 11.5 Å². The maximum Gasteiger partial charge on any atom is 0.251 e. The fourth-order valence-corrected chi connectivity index (χ4v) is 2.02. The molecule has 1 aromatic heterocycles. The third-order valence-electron chi connectivity index (χ3n) is 2.75. The van der Waals surface area contributed by atoms with Crippen molar-refractivity contribution >= 4 is 16.8 Å². The second kappa shape index (κ2) is 4.01. The lowest BCUT2D eigenvalue weighted by Crippen LogP contribution is -2.11. The van der Waals surface area contributed by atoms with Crippen LogP contribution in [0.25, 0.3) is 10.9 Å². The number of carbonyl (C=O) groups excluding carboxylic acids is 1. The normalized spacial score (nSPS) is 10.5. The van der Waals surface area contributed by atoms with Crippen LogP contribution < -0.4 is 15.2 Å². The van der Waals surface area contributed by atoms with E-state index < -0.39 is 5.91 Å². The maximum atomic E-state index is 11.5. The van der Waals surface area contributed by atoms with Crippen molar-refractivity contribution in [3.63, 3.8) is 0 Å². The zero-order valence-corrected chi connectivity index (χ0v) is 9.96. The molecule has 1 aromatic carbocycles. The lowest BCUT2D eigenvalue weighted by atomic mass is 10.1. The Bertz CT molecular complexity index is 587. The number of primary amides is 1. The van der Waals surface area contributed by atoms with E-state index in [0.29, 0.717) is 28.1 Å². The second-order valence-electron chi connectivity index (χ2n) is 3.71. The van der Waals surface area contributed by atoms with Gasteiger partial charge in [-0.15, -0.1) is 0 Å². The predicted molar refractivity (Wildman–Crippen MR) is 64.7 cm³/mol. The van der Waals surface area contributed by atoms with E-state index in [2.05, 4.69) is 4.98 Å². The summed E-state index contributed by atoms with van der Waals surface area (Å²) < 4.78 is 10.5. The quantitative estimate of drug-likeness (QED) is 0.846. The summed E-state index contributed by atoms with van der Waals surface area (Å²) in [6, 6.07) is 3.53. The van der Waals surface area contributed by atoms with Gasteiger partial charge in [-0.2, -0.15) is 0 Å². The number of carbonyl (C=O) groups is 1. The van der Waals surface area contributed by atoms with Gasteiger partial charge in [0.05, 0.1) is 30.7 Å². The van der Waals surface area contributed by atoms with Gasteiger partial charge in [-0.1, -0.05) is 0 Å². The molecule has 0 spiro atoms. The first kappa shape index (κ1) is 11.3. The zero-order chi connectivity index (χ0) is 12.6. The molecule has 0 bridgehead atoms. The Kier molecular flexibility index (Phi) is 2.67. The van der Waals surface area contributed by atoms with Gasteiger partial charge in [-0.3, -0.25) is 4.79 Å². The van der Waals surface area contributed by atoms with Gasteiger partial charge in [0.15, 0.2) is 0 Å². The van der Waals surface area contributed by atoms with Crippen LogP contribution in [-0.2, 0) is 0 Å². The van der Waals surface area contributed by atoms with Crippen LogP contribution in [-0.4, -0.2) is 25.1 Å². The van der Waals surface area contributed by atoms with Crippen LogP contribution >= 0.6 is 0 Å². The summed E-state index contributed by atoms with van der Waals surface area (Å²) in [6.45, 7) is 1.79. The average Bonchev–Trinajstić information content (AvgIpc) is 2.64. The molecule has 17 heavy (non-hydrogen) atoms. The third-order valence-corrected chi connectivity index (χ3v) is 2.75. The fraction of sp³-hybridized carbons (Fsp3) is 0.250. The summed E-state index contributed by atoms with van der Waals surface area (Å²) in [5, 5.41) is 0.664. The number of H-pyrrole nitrogens is 1. The first-order chi connectivity index (χ1) is 8.10. The van der Waals surface area contributed by atoms with Gasteiger partial charge in [0.1, 0.15) is 11.5 Å². The summed E-state index contributed by atoms with van der Waals surface area (Å²) in [4.78, 5) is 14.6. The van der Waals surface area contributed by atoms with Crippen molar-refractivity contribution in [1.29, 1.82) is 0 Å². The van der Waals surface area contributed by atoms with Crippen molar-refractivity contribution in [3.8, 4) is 11.5 Å². The smallest absolute Gasteiger partial charge is 0.251 e. The molecule has 3 N–H and O–H groups in total. The molecular formula is C12H14N2O3. The van der Waals surface area contributed by atoms with Crippen LogP contribution in [0, 0.1) is 6.92 Å². The molecule has 5 heteroatoms. The number of ether oxygens (including phenoxy) is 2. The van der Waals surface area contributed by atoms with Crippen molar-refractivity contribution in [2.24, 2.45) is 5.73 Å². The van der Waals surface area contributed by atoms with E-state index in [1.54, 1.807) is 33.3 Å². The van der Waals surface area contributed by atoms with Gasteiger partial charge in [0, 0.05) is 5.69 Å². The Morgan fingerprint density at radius 2 is 1.82 bits per heavy atom. The number of benzene rings is 1. The Balaban J connectivity index is 2.91. The molecule has 0 fully saturated rings. The highest BCUT2D eigenvalue weighted by molar-refractivity contribution is 6.11. The monoisotopic (exact) mass is 234 g/mol. The van der Waals surface area contributed by atoms with E-state index in [-0.39, 0.29) is 0 Å². The first-order valence-electron chi connectivity index (χ1n) is 5.13. The topological polar surface area (TPSA) is 77.3 Å². The van der Waals surface area contributed by atoms with Crippen molar-refractivity contribution in [3.05, 3.63) is 23.4 Å². The molecule has 1 heterocycles. The molecule has 0 aliphatic heterocycles. The van der Waals surface area contributed by atoms with E-state index in [0.717, 1.165) is 5.52 Å². The van der Waals surface area contributed by atoms with Gasteiger partial charge in [0.2, 0.25) is 0 Å². The highest BCUT2D eigenvalue weighted by Crippen LogP contribution is 2.36. The molecule has 0 atom stereocenters. The predicted octanol–water partition coefficient (Wildman–Crippen LogP) is 1.59. The summed E-state index contributed by atoms with van der Waals surface area (Å²) >= 11 is 0. The van der Waals surface area contributed by atoms with E-state index in [9.17, 15) is 4.79 Å². The minimum Gasteiger partial charge on any atom is -0.496 e. The summed E-state index contributed by atoms with van der Waals surface area (Å²) in [7, 11) is 3.12.